The van der Waals surface area contributed by atoms with Crippen LogP contribution < -0.4 is 4.98 Å². The Morgan fingerprint density at radius 3 is 2.08 bits per heavy atom. The second kappa shape index (κ2) is 5.10. The number of nitrogens with one attached hydrogen (secondary N) is 1. The fourth-order valence-electron chi connectivity index (χ4n) is 1.82. The van der Waals surface area contributed by atoms with E-state index in [4.69, 9.17) is 8.85 Å². The van der Waals surface area contributed by atoms with Crippen LogP contribution in [0.15, 0.2) is 0 Å². The highest BCUT2D eigenvalue weighted by Gasteiger charge is 2.32. The zero-order valence-corrected chi connectivity index (χ0v) is 9.93. The summed E-state index contributed by atoms with van der Waals surface area (Å²) in [5.74, 6) is 0. The van der Waals surface area contributed by atoms with E-state index in [0.29, 0.717) is 6.04 Å². The van der Waals surface area contributed by atoms with Crippen molar-refractivity contribution in [3.63, 3.8) is 0 Å². The molecule has 4 heteroatoms. The average molecular weight is 203 g/mol. The van der Waals surface area contributed by atoms with Crippen LogP contribution in [0.5, 0.6) is 0 Å². The van der Waals surface area contributed by atoms with Crippen molar-refractivity contribution in [3.05, 3.63) is 0 Å². The number of hydrogen-bond donors (Lipinski definition) is 1. The van der Waals surface area contributed by atoms with Gasteiger partial charge in [-0.05, 0) is 19.4 Å². The van der Waals surface area contributed by atoms with Gasteiger partial charge in [-0.25, -0.2) is 0 Å². The topological polar surface area (TPSA) is 30.5 Å². The maximum Gasteiger partial charge on any atom is 0.421 e. The molecule has 1 rings (SSSR count). The van der Waals surface area contributed by atoms with Gasteiger partial charge in [0, 0.05) is 20.3 Å². The van der Waals surface area contributed by atoms with Gasteiger partial charge in [0.2, 0.25) is 0 Å². The Hall–Kier alpha value is 0.0969. The van der Waals surface area contributed by atoms with E-state index in [1.54, 1.807) is 14.2 Å². The van der Waals surface area contributed by atoms with Gasteiger partial charge < -0.3 is 8.85 Å². The lowest BCUT2D eigenvalue weighted by Crippen LogP contribution is -2.56. The third-order valence-electron chi connectivity index (χ3n) is 2.85. The van der Waals surface area contributed by atoms with Crippen LogP contribution in [-0.4, -0.2) is 29.0 Å². The molecule has 0 aromatic carbocycles. The molecule has 0 heterocycles. The Kier molecular flexibility index (Phi) is 4.38. The molecule has 0 spiro atoms. The highest BCUT2D eigenvalue weighted by atomic mass is 28.4. The Morgan fingerprint density at radius 2 is 1.62 bits per heavy atom. The van der Waals surface area contributed by atoms with Gasteiger partial charge in [-0.15, -0.1) is 0 Å². The van der Waals surface area contributed by atoms with Gasteiger partial charge in [-0.3, -0.25) is 4.98 Å². The summed E-state index contributed by atoms with van der Waals surface area (Å²) in [6.45, 7) is 2.06. The summed E-state index contributed by atoms with van der Waals surface area (Å²) in [7, 11) is 1.42. The van der Waals surface area contributed by atoms with E-state index < -0.39 is 8.72 Å². The standard InChI is InChI=1S/C9H21NO2Si/c1-11-13(3,12-2)10-9-7-5-4-6-8-9/h9-10H,4-8H2,1-3H3. The normalized spacial score (nSPS) is 20.5. The second-order valence-corrected chi connectivity index (χ2v) is 6.83. The van der Waals surface area contributed by atoms with Crippen LogP contribution in [0.3, 0.4) is 0 Å². The summed E-state index contributed by atoms with van der Waals surface area (Å²) in [6.07, 6.45) is 6.62. The molecule has 13 heavy (non-hydrogen) atoms. The molecule has 0 aromatic rings. The lowest BCUT2D eigenvalue weighted by molar-refractivity contribution is 0.221. The molecule has 3 nitrogen and oxygen atoms in total. The number of hydrogen-bond acceptors (Lipinski definition) is 3. The van der Waals surface area contributed by atoms with Crippen LogP contribution in [0.2, 0.25) is 6.55 Å². The summed E-state index contributed by atoms with van der Waals surface area (Å²) in [5, 5.41) is 0. The van der Waals surface area contributed by atoms with E-state index in [1.165, 1.54) is 32.1 Å². The lowest BCUT2D eigenvalue weighted by Gasteiger charge is -2.31. The van der Waals surface area contributed by atoms with Crippen molar-refractivity contribution in [2.45, 2.75) is 44.7 Å². The lowest BCUT2D eigenvalue weighted by atomic mass is 9.96. The molecule has 0 unspecified atom stereocenters. The van der Waals surface area contributed by atoms with Gasteiger partial charge in [-0.1, -0.05) is 19.3 Å². The van der Waals surface area contributed by atoms with Crippen LogP contribution in [-0.2, 0) is 8.85 Å². The third-order valence-corrected chi connectivity index (χ3v) is 5.34. The van der Waals surface area contributed by atoms with Crippen LogP contribution >= 0.6 is 0 Å². The molecule has 0 amide bonds. The van der Waals surface area contributed by atoms with E-state index >= 15 is 0 Å². The van der Waals surface area contributed by atoms with Gasteiger partial charge >= 0.3 is 8.72 Å². The van der Waals surface area contributed by atoms with E-state index in [2.05, 4.69) is 11.5 Å². The van der Waals surface area contributed by atoms with Gasteiger partial charge in [-0.2, -0.15) is 0 Å². The third kappa shape index (κ3) is 3.38. The summed E-state index contributed by atoms with van der Waals surface area (Å²) in [6, 6.07) is 0.616. The monoisotopic (exact) mass is 203 g/mol. The van der Waals surface area contributed by atoms with Crippen LogP contribution in [0.4, 0.5) is 0 Å². The Morgan fingerprint density at radius 1 is 1.08 bits per heavy atom. The van der Waals surface area contributed by atoms with Crippen molar-refractivity contribution in [2.24, 2.45) is 0 Å². The highest BCUT2D eigenvalue weighted by Crippen LogP contribution is 2.19. The van der Waals surface area contributed by atoms with E-state index in [0.717, 1.165) is 0 Å². The quantitative estimate of drug-likeness (QED) is 0.706. The maximum atomic E-state index is 5.40. The molecule has 0 radical (unpaired) electrons. The molecule has 0 saturated heterocycles. The Balaban J connectivity index is 2.35. The van der Waals surface area contributed by atoms with Gasteiger partial charge in [0.25, 0.3) is 0 Å². The minimum Gasteiger partial charge on any atom is -0.386 e. The molecule has 1 N–H and O–H groups in total. The fourth-order valence-corrected chi connectivity index (χ4v) is 3.25. The first kappa shape index (κ1) is 11.2. The molecule has 0 atom stereocenters. The smallest absolute Gasteiger partial charge is 0.386 e. The van der Waals surface area contributed by atoms with Crippen molar-refractivity contribution in [1.29, 1.82) is 0 Å². The van der Waals surface area contributed by atoms with Crippen LogP contribution in [0.25, 0.3) is 0 Å². The molecular weight excluding hydrogens is 182 g/mol. The minimum atomic E-state index is -2.03. The molecule has 0 aliphatic heterocycles. The van der Waals surface area contributed by atoms with Crippen molar-refractivity contribution in [2.75, 3.05) is 14.2 Å². The summed E-state index contributed by atoms with van der Waals surface area (Å²) >= 11 is 0. The Bertz CT molecular complexity index is 145. The van der Waals surface area contributed by atoms with E-state index in [9.17, 15) is 0 Å². The first-order valence-corrected chi connectivity index (χ1v) is 7.40. The largest absolute Gasteiger partial charge is 0.421 e. The molecule has 1 aliphatic rings. The summed E-state index contributed by atoms with van der Waals surface area (Å²) in [4.78, 5) is 3.53. The minimum absolute atomic E-state index is 0.616. The molecular formula is C9H21NO2Si. The predicted molar refractivity (Wildman–Crippen MR) is 55.6 cm³/mol. The second-order valence-electron chi connectivity index (χ2n) is 3.83. The first-order chi connectivity index (χ1) is 6.20. The van der Waals surface area contributed by atoms with E-state index in [1.807, 2.05) is 0 Å². The van der Waals surface area contributed by atoms with Crippen molar-refractivity contribution >= 4 is 8.72 Å². The van der Waals surface area contributed by atoms with Gasteiger partial charge in [0.1, 0.15) is 0 Å². The SMILES string of the molecule is CO[Si](C)(NC1CCCCC1)OC. The summed E-state index contributed by atoms with van der Waals surface area (Å²) < 4.78 is 10.8. The zero-order valence-electron chi connectivity index (χ0n) is 8.93. The van der Waals surface area contributed by atoms with Crippen LogP contribution in [0.1, 0.15) is 32.1 Å². The van der Waals surface area contributed by atoms with Gasteiger partial charge in [0.05, 0.1) is 0 Å². The van der Waals surface area contributed by atoms with Crippen molar-refractivity contribution in [1.82, 2.24) is 4.98 Å². The first-order valence-electron chi connectivity index (χ1n) is 5.08. The highest BCUT2D eigenvalue weighted by molar-refractivity contribution is 6.63. The molecule has 1 aliphatic carbocycles. The maximum absolute atomic E-state index is 5.40. The predicted octanol–water partition coefficient (Wildman–Crippen LogP) is 1.77. The average Bonchev–Trinajstić information content (AvgIpc) is 2.19. The fraction of sp³-hybridized carbons (Fsp3) is 1.00. The summed E-state index contributed by atoms with van der Waals surface area (Å²) in [5.41, 5.74) is 0. The van der Waals surface area contributed by atoms with Gasteiger partial charge in [0.15, 0.2) is 0 Å². The molecule has 78 valence electrons. The van der Waals surface area contributed by atoms with Crippen LogP contribution in [0, 0.1) is 0 Å². The molecule has 1 fully saturated rings. The van der Waals surface area contributed by atoms with Crippen molar-refractivity contribution < 1.29 is 8.85 Å². The zero-order chi connectivity index (χ0) is 9.73. The molecule has 0 bridgehead atoms. The van der Waals surface area contributed by atoms with E-state index in [-0.39, 0.29) is 0 Å². The Labute approximate surface area is 82.1 Å². The molecule has 0 aromatic heterocycles. The molecule has 1 saturated carbocycles. The number of rotatable bonds is 4. The van der Waals surface area contributed by atoms with Crippen molar-refractivity contribution in [3.8, 4) is 0 Å².